The summed E-state index contributed by atoms with van der Waals surface area (Å²) in [6.45, 7) is 0. The topological polar surface area (TPSA) is 63.7 Å². The maximum absolute atomic E-state index is 12.8. The van der Waals surface area contributed by atoms with E-state index in [1.807, 2.05) is 0 Å². The van der Waals surface area contributed by atoms with Gasteiger partial charge in [0.15, 0.2) is 0 Å². The van der Waals surface area contributed by atoms with Gasteiger partial charge < -0.3 is 4.74 Å². The van der Waals surface area contributed by atoms with E-state index in [2.05, 4.69) is 4.74 Å². The molecule has 122 valence electrons. The average molecular weight is 374 g/mol. The van der Waals surface area contributed by atoms with Crippen molar-refractivity contribution in [2.24, 2.45) is 0 Å². The van der Waals surface area contributed by atoms with E-state index in [1.54, 1.807) is 12.1 Å². The van der Waals surface area contributed by atoms with Gasteiger partial charge in [0.1, 0.15) is 4.90 Å². The van der Waals surface area contributed by atoms with Gasteiger partial charge in [-0.2, -0.15) is 0 Å². The van der Waals surface area contributed by atoms with E-state index < -0.39 is 16.0 Å². The molecule has 0 unspecified atom stereocenters. The predicted octanol–water partition coefficient (Wildman–Crippen LogP) is 3.61. The highest BCUT2D eigenvalue weighted by molar-refractivity contribution is 7.93. The number of carbonyl (C=O) groups is 1. The van der Waals surface area contributed by atoms with Crippen molar-refractivity contribution in [3.63, 3.8) is 0 Å². The molecule has 2 aromatic carbocycles. The largest absolute Gasteiger partial charge is 0.465 e. The minimum atomic E-state index is -4.00. The van der Waals surface area contributed by atoms with Gasteiger partial charge in [0.05, 0.1) is 23.4 Å². The van der Waals surface area contributed by atoms with E-state index in [1.165, 1.54) is 44.5 Å². The molecule has 0 fully saturated rings. The van der Waals surface area contributed by atoms with Crippen molar-refractivity contribution in [2.75, 3.05) is 18.5 Å². The fourth-order valence-electron chi connectivity index (χ4n) is 1.98. The molecule has 2 rings (SSSR count). The van der Waals surface area contributed by atoms with E-state index in [9.17, 15) is 13.2 Å². The van der Waals surface area contributed by atoms with E-state index in [0.717, 1.165) is 4.31 Å². The Morgan fingerprint density at radius 3 is 2.43 bits per heavy atom. The number of rotatable bonds is 4. The summed E-state index contributed by atoms with van der Waals surface area (Å²) in [5.74, 6) is -0.639. The molecule has 0 saturated carbocycles. The van der Waals surface area contributed by atoms with Gasteiger partial charge >= 0.3 is 5.97 Å². The van der Waals surface area contributed by atoms with Crippen molar-refractivity contribution in [3.8, 4) is 0 Å². The van der Waals surface area contributed by atoms with Crippen LogP contribution in [0.1, 0.15) is 10.4 Å². The lowest BCUT2D eigenvalue weighted by Gasteiger charge is -2.22. The van der Waals surface area contributed by atoms with E-state index in [-0.39, 0.29) is 26.2 Å². The molecule has 0 saturated heterocycles. The average Bonchev–Trinajstić information content (AvgIpc) is 2.55. The monoisotopic (exact) mass is 373 g/mol. The third-order valence-electron chi connectivity index (χ3n) is 3.18. The number of nitrogens with zero attached hydrogens (tertiary/aromatic N) is 1. The molecule has 0 atom stereocenters. The number of methoxy groups -OCH3 is 1. The molecule has 0 N–H and O–H groups in total. The molecule has 2 aromatic rings. The van der Waals surface area contributed by atoms with Crippen LogP contribution in [0.25, 0.3) is 0 Å². The highest BCUT2D eigenvalue weighted by Crippen LogP contribution is 2.31. The third-order valence-corrected chi connectivity index (χ3v) is 5.67. The quantitative estimate of drug-likeness (QED) is 0.767. The summed E-state index contributed by atoms with van der Waals surface area (Å²) in [6, 6.07) is 10.4. The Balaban J connectivity index is 2.58. The normalized spacial score (nSPS) is 11.1. The van der Waals surface area contributed by atoms with Gasteiger partial charge in [-0.25, -0.2) is 13.2 Å². The second-order valence-electron chi connectivity index (χ2n) is 4.56. The molecule has 0 spiro atoms. The number of esters is 1. The summed E-state index contributed by atoms with van der Waals surface area (Å²) < 4.78 is 31.2. The van der Waals surface area contributed by atoms with E-state index in [0.29, 0.717) is 0 Å². The van der Waals surface area contributed by atoms with Gasteiger partial charge in [-0.05, 0) is 30.3 Å². The highest BCUT2D eigenvalue weighted by Gasteiger charge is 2.27. The molecule has 0 bridgehead atoms. The Morgan fingerprint density at radius 2 is 1.78 bits per heavy atom. The second-order valence-corrected chi connectivity index (χ2v) is 7.34. The van der Waals surface area contributed by atoms with Crippen LogP contribution in [0.3, 0.4) is 0 Å². The first kappa shape index (κ1) is 17.6. The van der Waals surface area contributed by atoms with Gasteiger partial charge in [-0.3, -0.25) is 4.31 Å². The van der Waals surface area contributed by atoms with Crippen LogP contribution in [-0.4, -0.2) is 28.5 Å². The lowest BCUT2D eigenvalue weighted by molar-refractivity contribution is 0.0601. The SMILES string of the molecule is COC(=O)c1ccccc1N(C)S(=O)(=O)c1cc(Cl)ccc1Cl. The zero-order valence-corrected chi connectivity index (χ0v) is 14.6. The molecular formula is C15H13Cl2NO4S. The summed E-state index contributed by atoms with van der Waals surface area (Å²) in [4.78, 5) is 11.7. The van der Waals surface area contributed by atoms with Gasteiger partial charge in [0.25, 0.3) is 10.0 Å². The number of hydrogen-bond acceptors (Lipinski definition) is 4. The van der Waals surface area contributed by atoms with Crippen LogP contribution in [0, 0.1) is 0 Å². The van der Waals surface area contributed by atoms with Crippen LogP contribution in [-0.2, 0) is 14.8 Å². The van der Waals surface area contributed by atoms with E-state index >= 15 is 0 Å². The first-order chi connectivity index (χ1) is 10.8. The van der Waals surface area contributed by atoms with Gasteiger partial charge in [0, 0.05) is 12.1 Å². The number of ether oxygens (including phenoxy) is 1. The van der Waals surface area contributed by atoms with Crippen LogP contribution in [0.5, 0.6) is 0 Å². The number of sulfonamides is 1. The smallest absolute Gasteiger partial charge is 0.340 e. The van der Waals surface area contributed by atoms with Crippen LogP contribution < -0.4 is 4.31 Å². The summed E-state index contributed by atoms with van der Waals surface area (Å²) in [7, 11) is -1.45. The summed E-state index contributed by atoms with van der Waals surface area (Å²) in [6.07, 6.45) is 0. The zero-order chi connectivity index (χ0) is 17.2. The molecule has 0 aliphatic heterocycles. The van der Waals surface area contributed by atoms with Crippen LogP contribution in [0.15, 0.2) is 47.4 Å². The van der Waals surface area contributed by atoms with Crippen molar-refractivity contribution in [3.05, 3.63) is 58.1 Å². The van der Waals surface area contributed by atoms with Crippen molar-refractivity contribution in [1.29, 1.82) is 0 Å². The molecular weight excluding hydrogens is 361 g/mol. The number of hydrogen-bond donors (Lipinski definition) is 0. The Kier molecular flexibility index (Phi) is 5.19. The molecule has 23 heavy (non-hydrogen) atoms. The van der Waals surface area contributed by atoms with Crippen molar-refractivity contribution < 1.29 is 17.9 Å². The Morgan fingerprint density at radius 1 is 1.13 bits per heavy atom. The van der Waals surface area contributed by atoms with Crippen LogP contribution >= 0.6 is 23.2 Å². The number of anilines is 1. The third kappa shape index (κ3) is 3.44. The molecule has 5 nitrogen and oxygen atoms in total. The van der Waals surface area contributed by atoms with Crippen LogP contribution in [0.2, 0.25) is 10.0 Å². The summed E-state index contributed by atoms with van der Waals surface area (Å²) in [5, 5.41) is 0.277. The number of halogens is 2. The lowest BCUT2D eigenvalue weighted by atomic mass is 10.2. The summed E-state index contributed by atoms with van der Waals surface area (Å²) in [5.41, 5.74) is 0.301. The first-order valence-electron chi connectivity index (χ1n) is 6.40. The predicted molar refractivity (Wildman–Crippen MR) is 89.8 cm³/mol. The Hall–Kier alpha value is -1.76. The molecule has 8 heteroatoms. The fraction of sp³-hybridized carbons (Fsp3) is 0.133. The molecule has 0 heterocycles. The highest BCUT2D eigenvalue weighted by atomic mass is 35.5. The Bertz CT molecular complexity index is 852. The molecule has 0 aliphatic carbocycles. The molecule has 0 amide bonds. The number of para-hydroxylation sites is 1. The maximum atomic E-state index is 12.8. The fourth-order valence-corrected chi connectivity index (χ4v) is 3.93. The second kappa shape index (κ2) is 6.78. The van der Waals surface area contributed by atoms with Crippen LogP contribution in [0.4, 0.5) is 5.69 Å². The minimum absolute atomic E-state index is 0.0387. The Labute approximate surface area is 144 Å². The zero-order valence-electron chi connectivity index (χ0n) is 12.3. The van der Waals surface area contributed by atoms with Gasteiger partial charge in [0.2, 0.25) is 0 Å². The van der Waals surface area contributed by atoms with Crippen molar-refractivity contribution >= 4 is 44.9 Å². The molecule has 0 radical (unpaired) electrons. The molecule has 0 aliphatic rings. The summed E-state index contributed by atoms with van der Waals surface area (Å²) >= 11 is 11.8. The van der Waals surface area contributed by atoms with Gasteiger partial charge in [-0.1, -0.05) is 35.3 Å². The number of benzene rings is 2. The van der Waals surface area contributed by atoms with Crippen molar-refractivity contribution in [1.82, 2.24) is 0 Å². The van der Waals surface area contributed by atoms with Gasteiger partial charge in [-0.15, -0.1) is 0 Å². The van der Waals surface area contributed by atoms with Crippen molar-refractivity contribution in [2.45, 2.75) is 4.90 Å². The first-order valence-corrected chi connectivity index (χ1v) is 8.60. The van der Waals surface area contributed by atoms with E-state index in [4.69, 9.17) is 23.2 Å². The molecule has 0 aromatic heterocycles. The standard InChI is InChI=1S/C15H13Cl2NO4S/c1-18(13-6-4-3-5-11(13)15(19)22-2)23(20,21)14-9-10(16)7-8-12(14)17/h3-9H,1-2H3. The number of carbonyl (C=O) groups excluding carboxylic acids is 1. The minimum Gasteiger partial charge on any atom is -0.465 e. The maximum Gasteiger partial charge on any atom is 0.340 e. The lowest BCUT2D eigenvalue weighted by Crippen LogP contribution is -2.28.